The van der Waals surface area contributed by atoms with Crippen LogP contribution in [0.5, 0.6) is 0 Å². The molecule has 0 bridgehead atoms. The minimum absolute atomic E-state index is 0.0468. The quantitative estimate of drug-likeness (QED) is 0.780. The topological polar surface area (TPSA) is 47.3 Å². The van der Waals surface area contributed by atoms with Gasteiger partial charge in [-0.3, -0.25) is 9.69 Å². The first kappa shape index (κ1) is 17.6. The molecule has 0 spiro atoms. The van der Waals surface area contributed by atoms with Gasteiger partial charge in [0.1, 0.15) is 11.6 Å². The van der Waals surface area contributed by atoms with Crippen LogP contribution in [0.1, 0.15) is 17.9 Å². The van der Waals surface area contributed by atoms with Crippen LogP contribution < -0.4 is 4.90 Å². The second-order valence-corrected chi connectivity index (χ2v) is 7.30. The zero-order valence-electron chi connectivity index (χ0n) is 14.2. The van der Waals surface area contributed by atoms with Crippen molar-refractivity contribution in [1.29, 1.82) is 5.26 Å². The van der Waals surface area contributed by atoms with E-state index in [-0.39, 0.29) is 24.8 Å². The monoisotopic (exact) mass is 383 g/mol. The molecule has 0 aromatic heterocycles. The molecule has 2 heterocycles. The highest BCUT2D eigenvalue weighted by Crippen LogP contribution is 2.43. The first-order chi connectivity index (χ1) is 13.1. The van der Waals surface area contributed by atoms with E-state index in [1.165, 1.54) is 30.0 Å². The van der Waals surface area contributed by atoms with Crippen molar-refractivity contribution >= 4 is 23.4 Å². The summed E-state index contributed by atoms with van der Waals surface area (Å²) in [4.78, 5) is 16.3. The number of fused-ring (bicyclic) bond motifs is 1. The summed E-state index contributed by atoms with van der Waals surface area (Å²) in [5.74, 6) is -0.945. The van der Waals surface area contributed by atoms with Crippen LogP contribution in [0, 0.1) is 23.0 Å². The number of rotatable bonds is 2. The van der Waals surface area contributed by atoms with Crippen molar-refractivity contribution in [3.63, 3.8) is 0 Å². The van der Waals surface area contributed by atoms with Gasteiger partial charge in [0.25, 0.3) is 0 Å². The summed E-state index contributed by atoms with van der Waals surface area (Å²) >= 11 is 1.37. The largest absolute Gasteiger partial charge is 0.344 e. The first-order valence-corrected chi connectivity index (χ1v) is 9.39. The van der Waals surface area contributed by atoms with Crippen LogP contribution in [0.15, 0.2) is 59.1 Å². The zero-order valence-corrected chi connectivity index (χ0v) is 15.0. The summed E-state index contributed by atoms with van der Waals surface area (Å²) in [6, 6.07) is 14.5. The summed E-state index contributed by atoms with van der Waals surface area (Å²) in [7, 11) is 0. The Balaban J connectivity index is 1.68. The Morgan fingerprint density at radius 3 is 2.56 bits per heavy atom. The van der Waals surface area contributed by atoms with E-state index in [4.69, 9.17) is 0 Å². The first-order valence-electron chi connectivity index (χ1n) is 8.41. The summed E-state index contributed by atoms with van der Waals surface area (Å²) in [6.07, 6.45) is 0.0468. The van der Waals surface area contributed by atoms with Crippen molar-refractivity contribution in [2.45, 2.75) is 12.3 Å². The maximum atomic E-state index is 14.2. The van der Waals surface area contributed by atoms with Gasteiger partial charge in [-0.1, -0.05) is 30.0 Å². The minimum atomic E-state index is -0.570. The van der Waals surface area contributed by atoms with E-state index in [9.17, 15) is 18.8 Å². The lowest BCUT2D eigenvalue weighted by atomic mass is 9.86. The highest BCUT2D eigenvalue weighted by atomic mass is 32.2. The van der Waals surface area contributed by atoms with Crippen LogP contribution in [0.4, 0.5) is 14.5 Å². The number of amides is 1. The number of hydrogen-bond donors (Lipinski definition) is 0. The van der Waals surface area contributed by atoms with Gasteiger partial charge in [0.05, 0.1) is 29.2 Å². The molecule has 136 valence electrons. The Labute approximate surface area is 159 Å². The number of halogens is 2. The number of anilines is 1. The van der Waals surface area contributed by atoms with Crippen molar-refractivity contribution < 1.29 is 13.6 Å². The molecule has 4 rings (SSSR count). The van der Waals surface area contributed by atoms with E-state index in [0.29, 0.717) is 22.0 Å². The molecule has 2 aliphatic heterocycles. The van der Waals surface area contributed by atoms with Gasteiger partial charge < -0.3 is 4.90 Å². The third kappa shape index (κ3) is 3.17. The lowest BCUT2D eigenvalue weighted by Gasteiger charge is -2.42. The fourth-order valence-electron chi connectivity index (χ4n) is 3.40. The molecule has 7 heteroatoms. The van der Waals surface area contributed by atoms with Crippen LogP contribution in [-0.4, -0.2) is 23.4 Å². The predicted molar refractivity (Wildman–Crippen MR) is 99.4 cm³/mol. The fourth-order valence-corrected chi connectivity index (χ4v) is 4.57. The van der Waals surface area contributed by atoms with E-state index >= 15 is 0 Å². The van der Waals surface area contributed by atoms with Crippen LogP contribution >= 0.6 is 11.8 Å². The van der Waals surface area contributed by atoms with Crippen molar-refractivity contribution in [3.8, 4) is 6.07 Å². The molecule has 1 saturated heterocycles. The van der Waals surface area contributed by atoms with Crippen LogP contribution in [0.3, 0.4) is 0 Å². The maximum Gasteiger partial charge on any atom is 0.229 e. The van der Waals surface area contributed by atoms with Gasteiger partial charge in [0, 0.05) is 18.0 Å². The van der Waals surface area contributed by atoms with E-state index in [0.717, 1.165) is 5.69 Å². The van der Waals surface area contributed by atoms with Crippen LogP contribution in [0.25, 0.3) is 0 Å². The van der Waals surface area contributed by atoms with Gasteiger partial charge in [-0.05, 0) is 35.9 Å². The van der Waals surface area contributed by atoms with Crippen molar-refractivity contribution in [2.75, 3.05) is 17.4 Å². The third-order valence-corrected chi connectivity index (χ3v) is 5.92. The van der Waals surface area contributed by atoms with Gasteiger partial charge >= 0.3 is 0 Å². The minimum Gasteiger partial charge on any atom is -0.344 e. The number of nitrogens with zero attached hydrogens (tertiary/aromatic N) is 3. The normalized spacial score (nSPS) is 19.7. The van der Waals surface area contributed by atoms with Crippen LogP contribution in [0.2, 0.25) is 0 Å². The lowest BCUT2D eigenvalue weighted by molar-refractivity contribution is -0.129. The molecule has 2 aromatic carbocycles. The molecule has 0 unspecified atom stereocenters. The number of hydrogen-bond acceptors (Lipinski definition) is 4. The smallest absolute Gasteiger partial charge is 0.229 e. The summed E-state index contributed by atoms with van der Waals surface area (Å²) in [6.45, 7) is 0.280. The van der Waals surface area contributed by atoms with E-state index in [1.807, 2.05) is 4.90 Å². The molecule has 0 saturated carbocycles. The molecule has 1 fully saturated rings. The summed E-state index contributed by atoms with van der Waals surface area (Å²) < 4.78 is 27.4. The average Bonchev–Trinajstić information content (AvgIpc) is 2.69. The Bertz CT molecular complexity index is 968. The molecular formula is C20H15F2N3OS. The highest BCUT2D eigenvalue weighted by Gasteiger charge is 2.39. The third-order valence-electron chi connectivity index (χ3n) is 4.77. The SMILES string of the molecule is N#CC1=C2SCN(c3ccc(F)cc3)CN2C(=O)C[C@H]1c1ccccc1F. The lowest BCUT2D eigenvalue weighted by Crippen LogP contribution is -2.47. The Morgan fingerprint density at radius 1 is 1.11 bits per heavy atom. The second kappa shape index (κ2) is 7.05. The molecule has 0 aliphatic carbocycles. The molecule has 1 atom stereocenters. The number of allylic oxidation sites excluding steroid dienone is 1. The molecule has 0 radical (unpaired) electrons. The van der Waals surface area contributed by atoms with Gasteiger partial charge in [-0.2, -0.15) is 5.26 Å². The van der Waals surface area contributed by atoms with Gasteiger partial charge in [-0.25, -0.2) is 8.78 Å². The zero-order chi connectivity index (χ0) is 19.0. The number of thioether (sulfide) groups is 1. The average molecular weight is 383 g/mol. The summed E-state index contributed by atoms with van der Waals surface area (Å²) in [5, 5.41) is 10.3. The van der Waals surface area contributed by atoms with Crippen molar-refractivity contribution in [2.24, 2.45) is 0 Å². The molecule has 2 aromatic rings. The number of benzene rings is 2. The highest BCUT2D eigenvalue weighted by molar-refractivity contribution is 8.03. The van der Waals surface area contributed by atoms with Gasteiger partial charge in [0.2, 0.25) is 5.91 Å². The number of carbonyl (C=O) groups excluding carboxylic acids is 1. The second-order valence-electron chi connectivity index (χ2n) is 6.36. The summed E-state index contributed by atoms with van der Waals surface area (Å²) in [5.41, 5.74) is 1.59. The number of nitriles is 1. The molecule has 4 nitrogen and oxygen atoms in total. The Morgan fingerprint density at radius 2 is 1.85 bits per heavy atom. The standard InChI is InChI=1S/C20H15F2N3OS/c21-13-5-7-14(8-6-13)24-11-25-19(26)9-16(15-3-1-2-4-18(15)22)17(10-23)20(25)27-12-24/h1-8,16H,9,11-12H2/t16-/m0/s1. The van der Waals surface area contributed by atoms with Gasteiger partial charge in [-0.15, -0.1) is 0 Å². The molecule has 1 amide bonds. The molecule has 0 N–H and O–H groups in total. The molecule has 2 aliphatic rings. The predicted octanol–water partition coefficient (Wildman–Crippen LogP) is 4.18. The van der Waals surface area contributed by atoms with E-state index in [1.54, 1.807) is 35.2 Å². The Hall–Kier alpha value is -2.85. The molecule has 27 heavy (non-hydrogen) atoms. The van der Waals surface area contributed by atoms with Crippen molar-refractivity contribution in [1.82, 2.24) is 4.90 Å². The van der Waals surface area contributed by atoms with E-state index < -0.39 is 11.7 Å². The van der Waals surface area contributed by atoms with E-state index in [2.05, 4.69) is 6.07 Å². The van der Waals surface area contributed by atoms with Crippen molar-refractivity contribution in [3.05, 3.63) is 76.3 Å². The van der Waals surface area contributed by atoms with Crippen LogP contribution in [-0.2, 0) is 4.79 Å². The molecular weight excluding hydrogens is 368 g/mol. The fraction of sp³-hybridized carbons (Fsp3) is 0.200. The maximum absolute atomic E-state index is 14.2. The van der Waals surface area contributed by atoms with Gasteiger partial charge in [0.15, 0.2) is 0 Å². The number of carbonyl (C=O) groups is 1. The Kier molecular flexibility index (Phi) is 4.58.